The highest BCUT2D eigenvalue weighted by Gasteiger charge is 2.11. The van der Waals surface area contributed by atoms with E-state index in [0.29, 0.717) is 26.3 Å². The van der Waals surface area contributed by atoms with Gasteiger partial charge in [0.1, 0.15) is 6.07 Å². The third kappa shape index (κ3) is 3.01. The van der Waals surface area contributed by atoms with Crippen LogP contribution in [0.2, 0.25) is 5.02 Å². The lowest BCUT2D eigenvalue weighted by Crippen LogP contribution is -2.13. The lowest BCUT2D eigenvalue weighted by molar-refractivity contribution is 0.102. The second-order valence-corrected chi connectivity index (χ2v) is 5.45. The molecule has 100 valence electrons. The number of halogens is 2. The molecule has 0 fully saturated rings. The molecule has 2 rings (SSSR count). The average Bonchev–Trinajstić information content (AvgIpc) is 2.42. The number of benzene rings is 2. The van der Waals surface area contributed by atoms with E-state index in [0.717, 1.165) is 5.56 Å². The van der Waals surface area contributed by atoms with E-state index >= 15 is 0 Å². The number of amides is 1. The molecule has 0 aliphatic rings. The number of nitrogens with zero attached hydrogens (tertiary/aromatic N) is 1. The van der Waals surface area contributed by atoms with Crippen LogP contribution in [0.4, 0.5) is 5.69 Å². The van der Waals surface area contributed by atoms with Crippen molar-refractivity contribution < 1.29 is 4.79 Å². The number of anilines is 1. The molecular weight excluding hydrogens is 340 g/mol. The predicted molar refractivity (Wildman–Crippen MR) is 83.0 cm³/mol. The van der Waals surface area contributed by atoms with Gasteiger partial charge in [-0.05, 0) is 52.7 Å². The molecule has 0 aliphatic carbocycles. The number of aryl methyl sites for hydroxylation is 1. The zero-order chi connectivity index (χ0) is 14.7. The number of nitrogens with one attached hydrogen (secondary N) is 1. The molecule has 2 aromatic carbocycles. The summed E-state index contributed by atoms with van der Waals surface area (Å²) < 4.78 is 0.650. The largest absolute Gasteiger partial charge is 0.321 e. The minimum Gasteiger partial charge on any atom is -0.321 e. The van der Waals surface area contributed by atoms with Gasteiger partial charge in [-0.1, -0.05) is 23.7 Å². The Morgan fingerprint density at radius 2 is 2.10 bits per heavy atom. The maximum Gasteiger partial charge on any atom is 0.255 e. The highest BCUT2D eigenvalue weighted by Crippen LogP contribution is 2.24. The SMILES string of the molecule is Cc1cccc(NC(=O)c2ccc(Cl)c(Br)c2)c1C#N. The minimum atomic E-state index is -0.288. The predicted octanol–water partition coefficient (Wildman–Crippen LogP) is 4.53. The van der Waals surface area contributed by atoms with Gasteiger partial charge in [0, 0.05) is 10.0 Å². The molecule has 2 aromatic rings. The Kier molecular flexibility index (Phi) is 4.43. The summed E-state index contributed by atoms with van der Waals surface area (Å²) in [7, 11) is 0. The lowest BCUT2D eigenvalue weighted by Gasteiger charge is -2.09. The van der Waals surface area contributed by atoms with Crippen LogP contribution in [0.3, 0.4) is 0 Å². The number of nitriles is 1. The highest BCUT2D eigenvalue weighted by molar-refractivity contribution is 9.10. The van der Waals surface area contributed by atoms with Crippen molar-refractivity contribution in [3.05, 3.63) is 62.6 Å². The van der Waals surface area contributed by atoms with Gasteiger partial charge in [0.15, 0.2) is 0 Å². The fraction of sp³-hybridized carbons (Fsp3) is 0.0667. The Morgan fingerprint density at radius 3 is 2.75 bits per heavy atom. The zero-order valence-electron chi connectivity index (χ0n) is 10.6. The maximum absolute atomic E-state index is 12.2. The first-order chi connectivity index (χ1) is 9.52. The Labute approximate surface area is 130 Å². The van der Waals surface area contributed by atoms with Gasteiger partial charge in [-0.25, -0.2) is 0 Å². The van der Waals surface area contributed by atoms with E-state index < -0.39 is 0 Å². The molecule has 0 bridgehead atoms. The molecule has 3 nitrogen and oxygen atoms in total. The highest BCUT2D eigenvalue weighted by atomic mass is 79.9. The summed E-state index contributed by atoms with van der Waals surface area (Å²) in [5.74, 6) is -0.288. The monoisotopic (exact) mass is 348 g/mol. The topological polar surface area (TPSA) is 52.9 Å². The van der Waals surface area contributed by atoms with Crippen LogP contribution in [0.1, 0.15) is 21.5 Å². The second kappa shape index (κ2) is 6.08. The molecule has 0 saturated heterocycles. The molecule has 0 aliphatic heterocycles. The summed E-state index contributed by atoms with van der Waals surface area (Å²) in [6, 6.07) is 12.3. The van der Waals surface area contributed by atoms with Crippen molar-refractivity contribution in [3.63, 3.8) is 0 Å². The van der Waals surface area contributed by atoms with Crippen molar-refractivity contribution in [1.82, 2.24) is 0 Å². The van der Waals surface area contributed by atoms with E-state index in [1.54, 1.807) is 30.3 Å². The first kappa shape index (κ1) is 14.6. The Balaban J connectivity index is 2.31. The van der Waals surface area contributed by atoms with E-state index in [1.807, 2.05) is 13.0 Å². The lowest BCUT2D eigenvalue weighted by atomic mass is 10.1. The van der Waals surface area contributed by atoms with Gasteiger partial charge in [0.05, 0.1) is 16.3 Å². The molecule has 1 amide bonds. The van der Waals surface area contributed by atoms with E-state index in [1.165, 1.54) is 0 Å². The van der Waals surface area contributed by atoms with Crippen LogP contribution in [-0.4, -0.2) is 5.91 Å². The van der Waals surface area contributed by atoms with Crippen molar-refractivity contribution in [2.24, 2.45) is 0 Å². The van der Waals surface area contributed by atoms with Crippen LogP contribution in [0, 0.1) is 18.3 Å². The van der Waals surface area contributed by atoms with Crippen LogP contribution in [-0.2, 0) is 0 Å². The molecule has 1 N–H and O–H groups in total. The molecule has 0 aromatic heterocycles. The third-order valence-electron chi connectivity index (χ3n) is 2.81. The first-order valence-corrected chi connectivity index (χ1v) is 6.96. The van der Waals surface area contributed by atoms with Crippen LogP contribution in [0.15, 0.2) is 40.9 Å². The molecule has 0 radical (unpaired) electrons. The number of hydrogen-bond acceptors (Lipinski definition) is 2. The minimum absolute atomic E-state index is 0.288. The van der Waals surface area contributed by atoms with Crippen LogP contribution < -0.4 is 5.32 Å². The van der Waals surface area contributed by atoms with Crippen molar-refractivity contribution in [1.29, 1.82) is 5.26 Å². The Morgan fingerprint density at radius 1 is 1.35 bits per heavy atom. The molecule has 0 saturated carbocycles. The number of hydrogen-bond donors (Lipinski definition) is 1. The van der Waals surface area contributed by atoms with Crippen molar-refractivity contribution >= 4 is 39.1 Å². The van der Waals surface area contributed by atoms with E-state index in [-0.39, 0.29) is 5.91 Å². The normalized spacial score (nSPS) is 9.90. The van der Waals surface area contributed by atoms with E-state index in [2.05, 4.69) is 27.3 Å². The van der Waals surface area contributed by atoms with Crippen molar-refractivity contribution in [2.75, 3.05) is 5.32 Å². The number of carbonyl (C=O) groups is 1. The van der Waals surface area contributed by atoms with Gasteiger partial charge in [0.25, 0.3) is 5.91 Å². The second-order valence-electron chi connectivity index (χ2n) is 4.19. The van der Waals surface area contributed by atoms with Crippen LogP contribution in [0.5, 0.6) is 0 Å². The van der Waals surface area contributed by atoms with Gasteiger partial charge in [-0.15, -0.1) is 0 Å². The molecule has 0 spiro atoms. The number of carbonyl (C=O) groups excluding carboxylic acids is 1. The van der Waals surface area contributed by atoms with Gasteiger partial charge in [0.2, 0.25) is 0 Å². The molecular formula is C15H10BrClN2O. The quantitative estimate of drug-likeness (QED) is 0.865. The summed E-state index contributed by atoms with van der Waals surface area (Å²) >= 11 is 9.17. The van der Waals surface area contributed by atoms with Crippen molar-refractivity contribution in [2.45, 2.75) is 6.92 Å². The summed E-state index contributed by atoms with van der Waals surface area (Å²) in [6.45, 7) is 1.83. The Hall–Kier alpha value is -1.83. The van der Waals surface area contributed by atoms with Gasteiger partial charge < -0.3 is 5.32 Å². The first-order valence-electron chi connectivity index (χ1n) is 5.79. The summed E-state index contributed by atoms with van der Waals surface area (Å²) in [4.78, 5) is 12.2. The summed E-state index contributed by atoms with van der Waals surface area (Å²) in [6.07, 6.45) is 0. The third-order valence-corrected chi connectivity index (χ3v) is 4.03. The van der Waals surface area contributed by atoms with Crippen LogP contribution >= 0.6 is 27.5 Å². The molecule has 0 heterocycles. The molecule has 20 heavy (non-hydrogen) atoms. The van der Waals surface area contributed by atoms with Gasteiger partial charge >= 0.3 is 0 Å². The van der Waals surface area contributed by atoms with Gasteiger partial charge in [-0.2, -0.15) is 5.26 Å². The summed E-state index contributed by atoms with van der Waals surface area (Å²) in [5, 5.41) is 12.4. The summed E-state index contributed by atoms with van der Waals surface area (Å²) in [5.41, 5.74) is 2.26. The average molecular weight is 350 g/mol. The molecule has 0 unspecified atom stereocenters. The number of rotatable bonds is 2. The van der Waals surface area contributed by atoms with Gasteiger partial charge in [-0.3, -0.25) is 4.79 Å². The van der Waals surface area contributed by atoms with E-state index in [4.69, 9.17) is 16.9 Å². The fourth-order valence-electron chi connectivity index (χ4n) is 1.75. The maximum atomic E-state index is 12.2. The Bertz CT molecular complexity index is 722. The molecule has 0 atom stereocenters. The standard InChI is InChI=1S/C15H10BrClN2O/c1-9-3-2-4-14(11(9)8-18)19-15(20)10-5-6-13(17)12(16)7-10/h2-7H,1H3,(H,19,20). The fourth-order valence-corrected chi connectivity index (χ4v) is 2.25. The van der Waals surface area contributed by atoms with Crippen molar-refractivity contribution in [3.8, 4) is 6.07 Å². The van der Waals surface area contributed by atoms with Crippen LogP contribution in [0.25, 0.3) is 0 Å². The van der Waals surface area contributed by atoms with E-state index in [9.17, 15) is 4.79 Å². The zero-order valence-corrected chi connectivity index (χ0v) is 12.9. The molecule has 5 heteroatoms. The smallest absolute Gasteiger partial charge is 0.255 e.